The largest absolute Gasteiger partial charge is 0.481 e. The number of thioether (sulfide) groups is 1. The van der Waals surface area contributed by atoms with Gasteiger partial charge in [-0.1, -0.05) is 55.7 Å². The fourth-order valence-corrected chi connectivity index (χ4v) is 4.32. The Hall–Kier alpha value is -0.880. The van der Waals surface area contributed by atoms with E-state index in [4.69, 9.17) is 17.3 Å². The number of hydrogen-bond donors (Lipinski definition) is 1. The van der Waals surface area contributed by atoms with Gasteiger partial charge in [0.25, 0.3) is 5.91 Å². The minimum atomic E-state index is -0.763. The maximum atomic E-state index is 12.4. The van der Waals surface area contributed by atoms with Gasteiger partial charge in [0, 0.05) is 13.0 Å². The summed E-state index contributed by atoms with van der Waals surface area (Å²) in [6.07, 6.45) is 10.8. The summed E-state index contributed by atoms with van der Waals surface area (Å²) >= 11 is 6.73. The Bertz CT molecular complexity index is 470. The van der Waals surface area contributed by atoms with Crippen molar-refractivity contribution in [2.24, 2.45) is 5.92 Å². The number of amides is 1. The number of carbonyl (C=O) groups excluding carboxylic acids is 1. The first-order valence-electron chi connectivity index (χ1n) is 8.05. The van der Waals surface area contributed by atoms with E-state index in [1.54, 1.807) is 4.90 Å². The molecular formula is C16H23NO3S2. The van der Waals surface area contributed by atoms with Gasteiger partial charge in [0.2, 0.25) is 0 Å². The smallest absolute Gasteiger partial charge is 0.303 e. The molecule has 1 N–H and O–H groups in total. The molecule has 0 aromatic rings. The van der Waals surface area contributed by atoms with Crippen LogP contribution < -0.4 is 0 Å². The minimum Gasteiger partial charge on any atom is -0.481 e. The van der Waals surface area contributed by atoms with Crippen LogP contribution in [0.4, 0.5) is 0 Å². The van der Waals surface area contributed by atoms with Crippen molar-refractivity contribution in [1.82, 2.24) is 4.90 Å². The van der Waals surface area contributed by atoms with E-state index in [0.717, 1.165) is 17.7 Å². The van der Waals surface area contributed by atoms with Gasteiger partial charge in [0.15, 0.2) is 0 Å². The molecule has 1 aliphatic heterocycles. The number of hydrogen-bond acceptors (Lipinski definition) is 4. The minimum absolute atomic E-state index is 0.0406. The lowest BCUT2D eigenvalue weighted by Gasteiger charge is -2.18. The molecule has 0 radical (unpaired) electrons. The predicted molar refractivity (Wildman–Crippen MR) is 92.7 cm³/mol. The van der Waals surface area contributed by atoms with E-state index in [9.17, 15) is 9.59 Å². The van der Waals surface area contributed by atoms with E-state index < -0.39 is 5.97 Å². The highest BCUT2D eigenvalue weighted by atomic mass is 32.2. The number of thiocarbonyl (C=S) groups is 1. The van der Waals surface area contributed by atoms with Crippen LogP contribution in [0.25, 0.3) is 0 Å². The lowest BCUT2D eigenvalue weighted by Crippen LogP contribution is -2.29. The van der Waals surface area contributed by atoms with Crippen LogP contribution in [0.15, 0.2) is 11.0 Å². The Balaban J connectivity index is 1.80. The van der Waals surface area contributed by atoms with Crippen LogP contribution in [0.1, 0.15) is 57.8 Å². The molecule has 2 fully saturated rings. The summed E-state index contributed by atoms with van der Waals surface area (Å²) in [5.41, 5.74) is 0. The zero-order valence-electron chi connectivity index (χ0n) is 12.8. The first-order chi connectivity index (χ1) is 10.6. The molecule has 1 saturated heterocycles. The average molecular weight is 341 g/mol. The third-order valence-corrected chi connectivity index (χ3v) is 5.58. The van der Waals surface area contributed by atoms with E-state index in [1.165, 1.54) is 43.9 Å². The summed E-state index contributed by atoms with van der Waals surface area (Å²) < 4.78 is 0.644. The van der Waals surface area contributed by atoms with Crippen LogP contribution in [0.3, 0.4) is 0 Å². The molecule has 0 unspecified atom stereocenters. The van der Waals surface area contributed by atoms with E-state index in [-0.39, 0.29) is 12.3 Å². The standard InChI is InChI=1S/C16H23NO3S2/c18-14(19)9-5-2-6-10-17-15(20)13(22-16(17)21)11-12-7-3-1-4-8-12/h11-12H,1-10H2,(H,18,19)/b13-11-. The number of allylic oxidation sites excluding steroid dienone is 1. The fourth-order valence-electron chi connectivity index (χ4n) is 2.94. The van der Waals surface area contributed by atoms with E-state index in [1.807, 2.05) is 0 Å². The Morgan fingerprint density at radius 2 is 2.00 bits per heavy atom. The molecule has 1 heterocycles. The number of carboxylic acids is 1. The highest BCUT2D eigenvalue weighted by Gasteiger charge is 2.32. The molecule has 2 aliphatic rings. The second kappa shape index (κ2) is 8.67. The summed E-state index contributed by atoms with van der Waals surface area (Å²) in [5.74, 6) is -0.196. The Morgan fingerprint density at radius 1 is 1.27 bits per heavy atom. The lowest BCUT2D eigenvalue weighted by atomic mass is 9.89. The monoisotopic (exact) mass is 341 g/mol. The Morgan fingerprint density at radius 3 is 2.68 bits per heavy atom. The van der Waals surface area contributed by atoms with Crippen molar-refractivity contribution < 1.29 is 14.7 Å². The molecule has 22 heavy (non-hydrogen) atoms. The van der Waals surface area contributed by atoms with Gasteiger partial charge in [-0.2, -0.15) is 0 Å². The van der Waals surface area contributed by atoms with Crippen molar-refractivity contribution in [3.8, 4) is 0 Å². The summed E-state index contributed by atoms with van der Waals surface area (Å²) in [5, 5.41) is 8.60. The zero-order valence-corrected chi connectivity index (χ0v) is 14.4. The van der Waals surface area contributed by atoms with Gasteiger partial charge in [-0.05, 0) is 31.6 Å². The van der Waals surface area contributed by atoms with Gasteiger partial charge in [0.1, 0.15) is 4.32 Å². The number of unbranched alkanes of at least 4 members (excludes halogenated alkanes) is 2. The quantitative estimate of drug-likeness (QED) is 0.431. The molecular weight excluding hydrogens is 318 g/mol. The summed E-state index contributed by atoms with van der Waals surface area (Å²) in [7, 11) is 0. The first-order valence-corrected chi connectivity index (χ1v) is 9.27. The molecule has 1 amide bonds. The van der Waals surface area contributed by atoms with Gasteiger partial charge >= 0.3 is 5.97 Å². The van der Waals surface area contributed by atoms with E-state index >= 15 is 0 Å². The molecule has 4 nitrogen and oxygen atoms in total. The van der Waals surface area contributed by atoms with Crippen molar-refractivity contribution in [2.45, 2.75) is 57.8 Å². The van der Waals surface area contributed by atoms with Crippen LogP contribution >= 0.6 is 24.0 Å². The van der Waals surface area contributed by atoms with Gasteiger partial charge in [0.05, 0.1) is 4.91 Å². The van der Waals surface area contributed by atoms with Crippen LogP contribution in [-0.4, -0.2) is 32.7 Å². The molecule has 2 rings (SSSR count). The second-order valence-corrected chi connectivity index (χ2v) is 7.63. The molecule has 1 saturated carbocycles. The van der Waals surface area contributed by atoms with Gasteiger partial charge in [-0.3, -0.25) is 14.5 Å². The SMILES string of the molecule is O=C(O)CCCCCN1C(=O)/C(=C/C2CCCCC2)SC1=S. The summed E-state index contributed by atoms with van der Waals surface area (Å²) in [4.78, 5) is 25.3. The lowest BCUT2D eigenvalue weighted by molar-refractivity contribution is -0.137. The van der Waals surface area contributed by atoms with Crippen molar-refractivity contribution >= 4 is 40.2 Å². The highest BCUT2D eigenvalue weighted by molar-refractivity contribution is 8.26. The van der Waals surface area contributed by atoms with Crippen molar-refractivity contribution in [3.63, 3.8) is 0 Å². The van der Waals surface area contributed by atoms with Crippen LogP contribution in [0.5, 0.6) is 0 Å². The maximum Gasteiger partial charge on any atom is 0.303 e. The number of aliphatic carboxylic acids is 1. The van der Waals surface area contributed by atoms with Crippen molar-refractivity contribution in [2.75, 3.05) is 6.54 Å². The normalized spacial score (nSPS) is 21.8. The average Bonchev–Trinajstić information content (AvgIpc) is 2.75. The van der Waals surface area contributed by atoms with Gasteiger partial charge in [-0.25, -0.2) is 0 Å². The van der Waals surface area contributed by atoms with E-state index in [0.29, 0.717) is 23.2 Å². The molecule has 0 bridgehead atoms. The number of carboxylic acid groups (broad SMARTS) is 1. The van der Waals surface area contributed by atoms with Crippen LogP contribution in [0.2, 0.25) is 0 Å². The van der Waals surface area contributed by atoms with Crippen LogP contribution in [-0.2, 0) is 9.59 Å². The highest BCUT2D eigenvalue weighted by Crippen LogP contribution is 2.35. The molecule has 0 aromatic heterocycles. The summed E-state index contributed by atoms with van der Waals surface area (Å²) in [6, 6.07) is 0. The zero-order chi connectivity index (χ0) is 15.9. The van der Waals surface area contributed by atoms with Gasteiger partial charge in [-0.15, -0.1) is 0 Å². The maximum absolute atomic E-state index is 12.4. The van der Waals surface area contributed by atoms with E-state index in [2.05, 4.69) is 6.08 Å². The molecule has 0 spiro atoms. The number of nitrogens with zero attached hydrogens (tertiary/aromatic N) is 1. The van der Waals surface area contributed by atoms with Crippen molar-refractivity contribution in [1.29, 1.82) is 0 Å². The van der Waals surface area contributed by atoms with Gasteiger partial charge < -0.3 is 5.11 Å². The second-order valence-electron chi connectivity index (χ2n) is 5.96. The molecule has 0 atom stereocenters. The molecule has 6 heteroatoms. The predicted octanol–water partition coefficient (Wildman–Crippen LogP) is 3.96. The number of carbonyl (C=O) groups is 2. The topological polar surface area (TPSA) is 57.6 Å². The number of rotatable bonds is 7. The molecule has 0 aromatic carbocycles. The Kier molecular flexibility index (Phi) is 6.89. The molecule has 1 aliphatic carbocycles. The summed E-state index contributed by atoms with van der Waals surface area (Å²) in [6.45, 7) is 0.603. The van der Waals surface area contributed by atoms with Crippen LogP contribution in [0, 0.1) is 5.92 Å². The first kappa shape index (κ1) is 17.5. The van der Waals surface area contributed by atoms with Crippen molar-refractivity contribution in [3.05, 3.63) is 11.0 Å². The fraction of sp³-hybridized carbons (Fsp3) is 0.688. The third kappa shape index (κ3) is 5.09. The molecule has 122 valence electrons. The Labute approximate surface area is 141 Å². The third-order valence-electron chi connectivity index (χ3n) is 4.18.